The number of amides is 1. The monoisotopic (exact) mass is 249 g/mol. The van der Waals surface area contributed by atoms with Crippen molar-refractivity contribution < 1.29 is 14.7 Å². The zero-order chi connectivity index (χ0) is 13.5. The lowest BCUT2D eigenvalue weighted by molar-refractivity contribution is -0.140. The molecule has 4 nitrogen and oxygen atoms in total. The summed E-state index contributed by atoms with van der Waals surface area (Å²) in [5, 5.41) is 11.3. The fourth-order valence-electron chi connectivity index (χ4n) is 1.55. The Kier molecular flexibility index (Phi) is 5.36. The first kappa shape index (κ1) is 14.2. The highest BCUT2D eigenvalue weighted by molar-refractivity contribution is 5.94. The van der Waals surface area contributed by atoms with Crippen LogP contribution >= 0.6 is 0 Å². The van der Waals surface area contributed by atoms with Crippen molar-refractivity contribution in [1.82, 2.24) is 5.32 Å². The fourth-order valence-corrected chi connectivity index (χ4v) is 1.55. The van der Waals surface area contributed by atoms with Gasteiger partial charge in [0.2, 0.25) is 0 Å². The molecule has 0 heterocycles. The van der Waals surface area contributed by atoms with Crippen LogP contribution in [0.25, 0.3) is 0 Å². The number of aliphatic carboxylic acids is 1. The first-order valence-electron chi connectivity index (χ1n) is 6.14. The lowest BCUT2D eigenvalue weighted by Gasteiger charge is -2.08. The quantitative estimate of drug-likeness (QED) is 0.811. The molecule has 1 rings (SSSR count). The van der Waals surface area contributed by atoms with Crippen LogP contribution in [0, 0.1) is 5.92 Å². The average molecular weight is 249 g/mol. The Morgan fingerprint density at radius 3 is 2.39 bits per heavy atom. The number of nitrogens with one attached hydrogen (secondary N) is 1. The molecular weight excluding hydrogens is 230 g/mol. The van der Waals surface area contributed by atoms with Crippen molar-refractivity contribution in [2.75, 3.05) is 6.54 Å². The first-order chi connectivity index (χ1) is 8.54. The van der Waals surface area contributed by atoms with Crippen LogP contribution in [0.3, 0.4) is 0 Å². The predicted molar refractivity (Wildman–Crippen MR) is 69.6 cm³/mol. The van der Waals surface area contributed by atoms with Gasteiger partial charge in [-0.2, -0.15) is 0 Å². The van der Waals surface area contributed by atoms with E-state index in [-0.39, 0.29) is 12.5 Å². The van der Waals surface area contributed by atoms with Crippen molar-refractivity contribution in [3.05, 3.63) is 35.4 Å². The van der Waals surface area contributed by atoms with Crippen LogP contribution in [-0.4, -0.2) is 23.5 Å². The molecule has 0 saturated heterocycles. The molecule has 0 aliphatic heterocycles. The van der Waals surface area contributed by atoms with Gasteiger partial charge in [-0.1, -0.05) is 32.4 Å². The Morgan fingerprint density at radius 1 is 1.28 bits per heavy atom. The molecule has 1 unspecified atom stereocenters. The Morgan fingerprint density at radius 2 is 1.89 bits per heavy atom. The van der Waals surface area contributed by atoms with E-state index in [4.69, 9.17) is 5.11 Å². The molecule has 2 N–H and O–H groups in total. The molecule has 0 bridgehead atoms. The molecule has 0 aliphatic carbocycles. The number of carbonyl (C=O) groups is 2. The maximum atomic E-state index is 11.7. The number of aryl methyl sites for hydroxylation is 1. The fraction of sp³-hybridized carbons (Fsp3) is 0.429. The summed E-state index contributed by atoms with van der Waals surface area (Å²) >= 11 is 0. The Balaban J connectivity index is 2.54. The van der Waals surface area contributed by atoms with Gasteiger partial charge in [0.1, 0.15) is 0 Å². The van der Waals surface area contributed by atoms with E-state index in [9.17, 15) is 9.59 Å². The average Bonchev–Trinajstić information content (AvgIpc) is 2.36. The molecule has 1 atom stereocenters. The molecule has 0 spiro atoms. The zero-order valence-corrected chi connectivity index (χ0v) is 10.8. The molecule has 0 aromatic heterocycles. The third-order valence-corrected chi connectivity index (χ3v) is 2.75. The number of rotatable bonds is 6. The van der Waals surface area contributed by atoms with Gasteiger partial charge in [-0.15, -0.1) is 0 Å². The maximum Gasteiger partial charge on any atom is 0.308 e. The molecule has 0 radical (unpaired) electrons. The molecule has 1 aromatic carbocycles. The topological polar surface area (TPSA) is 66.4 Å². The van der Waals surface area contributed by atoms with E-state index in [1.165, 1.54) is 5.56 Å². The lowest BCUT2D eigenvalue weighted by atomic mass is 10.1. The summed E-state index contributed by atoms with van der Waals surface area (Å²) in [4.78, 5) is 22.4. The summed E-state index contributed by atoms with van der Waals surface area (Å²) in [5.41, 5.74) is 1.76. The van der Waals surface area contributed by atoms with Crippen LogP contribution in [0.5, 0.6) is 0 Å². The predicted octanol–water partition coefficient (Wildman–Crippen LogP) is 2.09. The van der Waals surface area contributed by atoms with Gasteiger partial charge in [0.25, 0.3) is 5.91 Å². The van der Waals surface area contributed by atoms with Gasteiger partial charge in [0.15, 0.2) is 0 Å². The van der Waals surface area contributed by atoms with Crippen LogP contribution in [0.15, 0.2) is 24.3 Å². The highest BCUT2D eigenvalue weighted by atomic mass is 16.4. The number of hydrogen-bond acceptors (Lipinski definition) is 2. The Bertz CT molecular complexity index is 412. The molecule has 1 amide bonds. The standard InChI is InChI=1S/C14H19NO3/c1-3-4-11-5-7-12(8-6-11)13(16)15-9-10(2)14(17)18/h5-8,10H,3-4,9H2,1-2H3,(H,15,16)(H,17,18). The minimum Gasteiger partial charge on any atom is -0.481 e. The van der Waals surface area contributed by atoms with Crippen LogP contribution in [0.4, 0.5) is 0 Å². The smallest absolute Gasteiger partial charge is 0.308 e. The highest BCUT2D eigenvalue weighted by Crippen LogP contribution is 2.06. The van der Waals surface area contributed by atoms with E-state index >= 15 is 0 Å². The van der Waals surface area contributed by atoms with Crippen molar-refractivity contribution in [3.8, 4) is 0 Å². The summed E-state index contributed by atoms with van der Waals surface area (Å²) in [5.74, 6) is -1.71. The van der Waals surface area contributed by atoms with E-state index in [2.05, 4.69) is 12.2 Å². The summed E-state index contributed by atoms with van der Waals surface area (Å²) in [6, 6.07) is 7.40. The summed E-state index contributed by atoms with van der Waals surface area (Å²) in [7, 11) is 0. The molecule has 1 aromatic rings. The van der Waals surface area contributed by atoms with Gasteiger partial charge in [0, 0.05) is 12.1 Å². The van der Waals surface area contributed by atoms with Crippen molar-refractivity contribution in [1.29, 1.82) is 0 Å². The van der Waals surface area contributed by atoms with Gasteiger partial charge in [-0.05, 0) is 24.1 Å². The van der Waals surface area contributed by atoms with Crippen molar-refractivity contribution in [2.24, 2.45) is 5.92 Å². The van der Waals surface area contributed by atoms with E-state index in [1.807, 2.05) is 12.1 Å². The second-order valence-corrected chi connectivity index (χ2v) is 4.40. The number of hydrogen-bond donors (Lipinski definition) is 2. The van der Waals surface area contributed by atoms with Crippen molar-refractivity contribution in [2.45, 2.75) is 26.7 Å². The molecular formula is C14H19NO3. The molecule has 4 heteroatoms. The van der Waals surface area contributed by atoms with Gasteiger partial charge in [-0.3, -0.25) is 9.59 Å². The van der Waals surface area contributed by atoms with E-state index in [0.717, 1.165) is 12.8 Å². The third kappa shape index (κ3) is 4.20. The van der Waals surface area contributed by atoms with Gasteiger partial charge >= 0.3 is 5.97 Å². The van der Waals surface area contributed by atoms with Gasteiger partial charge in [-0.25, -0.2) is 0 Å². The number of carbonyl (C=O) groups excluding carboxylic acids is 1. The van der Waals surface area contributed by atoms with E-state index in [1.54, 1.807) is 19.1 Å². The summed E-state index contributed by atoms with van der Waals surface area (Å²) in [6.45, 7) is 3.81. The Hall–Kier alpha value is -1.84. The SMILES string of the molecule is CCCc1ccc(C(=O)NCC(C)C(=O)O)cc1. The second kappa shape index (κ2) is 6.79. The van der Waals surface area contributed by atoms with Gasteiger partial charge < -0.3 is 10.4 Å². The number of benzene rings is 1. The second-order valence-electron chi connectivity index (χ2n) is 4.40. The summed E-state index contributed by atoms with van der Waals surface area (Å²) < 4.78 is 0. The largest absolute Gasteiger partial charge is 0.481 e. The van der Waals surface area contributed by atoms with E-state index in [0.29, 0.717) is 5.56 Å². The summed E-state index contributed by atoms with van der Waals surface area (Å²) in [6.07, 6.45) is 2.07. The van der Waals surface area contributed by atoms with Crippen LogP contribution in [-0.2, 0) is 11.2 Å². The molecule has 0 aliphatic rings. The van der Waals surface area contributed by atoms with Crippen molar-refractivity contribution in [3.63, 3.8) is 0 Å². The Labute approximate surface area is 107 Å². The van der Waals surface area contributed by atoms with Crippen molar-refractivity contribution >= 4 is 11.9 Å². The molecule has 0 saturated carbocycles. The molecule has 0 fully saturated rings. The molecule has 18 heavy (non-hydrogen) atoms. The lowest BCUT2D eigenvalue weighted by Crippen LogP contribution is -2.31. The van der Waals surface area contributed by atoms with E-state index < -0.39 is 11.9 Å². The van der Waals surface area contributed by atoms with Crippen LogP contribution in [0.1, 0.15) is 36.2 Å². The zero-order valence-electron chi connectivity index (χ0n) is 10.8. The first-order valence-corrected chi connectivity index (χ1v) is 6.14. The van der Waals surface area contributed by atoms with Gasteiger partial charge in [0.05, 0.1) is 5.92 Å². The minimum absolute atomic E-state index is 0.144. The van der Waals surface area contributed by atoms with Crippen LogP contribution < -0.4 is 5.32 Å². The minimum atomic E-state index is -0.909. The normalized spacial score (nSPS) is 11.9. The number of carboxylic acid groups (broad SMARTS) is 1. The maximum absolute atomic E-state index is 11.7. The third-order valence-electron chi connectivity index (χ3n) is 2.75. The number of carboxylic acids is 1. The van der Waals surface area contributed by atoms with Crippen LogP contribution in [0.2, 0.25) is 0 Å². The highest BCUT2D eigenvalue weighted by Gasteiger charge is 2.12. The molecule has 98 valence electrons.